The molecule has 0 fully saturated rings. The van der Waals surface area contributed by atoms with Gasteiger partial charge in [-0.2, -0.15) is 28.4 Å². The first-order valence-corrected chi connectivity index (χ1v) is 10.4. The zero-order valence-corrected chi connectivity index (χ0v) is 18.7. The van der Waals surface area contributed by atoms with Crippen LogP contribution in [0.2, 0.25) is 10.0 Å². The Morgan fingerprint density at radius 1 is 0.735 bits per heavy atom. The van der Waals surface area contributed by atoms with E-state index in [1.807, 2.05) is 0 Å². The number of guanidine groups is 1. The highest BCUT2D eigenvalue weighted by Gasteiger charge is 2.30. The molecule has 0 saturated heterocycles. The highest BCUT2D eigenvalue weighted by atomic mass is 35.5. The molecular formula is C23H16Cl2F3N5O. The van der Waals surface area contributed by atoms with Crippen molar-refractivity contribution in [2.45, 2.75) is 6.18 Å². The molecule has 34 heavy (non-hydrogen) atoms. The van der Waals surface area contributed by atoms with Gasteiger partial charge in [0.15, 0.2) is 0 Å². The molecule has 0 atom stereocenters. The Bertz CT molecular complexity index is 1150. The number of carbonyl (C=O) groups excluding carboxylic acids is 1. The number of hydrogen-bond donors (Lipinski definition) is 2. The van der Waals surface area contributed by atoms with E-state index in [0.29, 0.717) is 10.0 Å². The van der Waals surface area contributed by atoms with Crippen LogP contribution in [0.1, 0.15) is 27.0 Å². The van der Waals surface area contributed by atoms with E-state index in [9.17, 15) is 18.0 Å². The predicted molar refractivity (Wildman–Crippen MR) is 128 cm³/mol. The van der Waals surface area contributed by atoms with Crippen molar-refractivity contribution in [2.24, 2.45) is 15.2 Å². The number of alkyl halides is 3. The molecule has 0 spiro atoms. The van der Waals surface area contributed by atoms with E-state index in [1.165, 1.54) is 12.4 Å². The monoisotopic (exact) mass is 505 g/mol. The van der Waals surface area contributed by atoms with Crippen molar-refractivity contribution in [2.75, 3.05) is 0 Å². The first-order chi connectivity index (χ1) is 16.2. The van der Waals surface area contributed by atoms with Crippen LogP contribution in [0, 0.1) is 0 Å². The summed E-state index contributed by atoms with van der Waals surface area (Å²) in [6.07, 6.45) is -1.59. The Morgan fingerprint density at radius 3 is 1.59 bits per heavy atom. The van der Waals surface area contributed by atoms with Gasteiger partial charge in [0.05, 0.1) is 18.0 Å². The third kappa shape index (κ3) is 7.72. The number of hydrogen-bond acceptors (Lipinski definition) is 3. The molecule has 0 radical (unpaired) electrons. The van der Waals surface area contributed by atoms with Crippen LogP contribution in [-0.2, 0) is 6.18 Å². The van der Waals surface area contributed by atoms with Gasteiger partial charge >= 0.3 is 6.18 Å². The fourth-order valence-corrected chi connectivity index (χ4v) is 2.73. The van der Waals surface area contributed by atoms with E-state index < -0.39 is 17.6 Å². The largest absolute Gasteiger partial charge is 0.416 e. The van der Waals surface area contributed by atoms with Crippen molar-refractivity contribution >= 4 is 47.5 Å². The summed E-state index contributed by atoms with van der Waals surface area (Å²) in [6.45, 7) is 0. The maximum atomic E-state index is 12.8. The van der Waals surface area contributed by atoms with Gasteiger partial charge in [-0.25, -0.2) is 10.9 Å². The lowest BCUT2D eigenvalue weighted by atomic mass is 10.1. The first-order valence-electron chi connectivity index (χ1n) is 9.60. The van der Waals surface area contributed by atoms with Crippen molar-refractivity contribution < 1.29 is 18.0 Å². The number of rotatable bonds is 5. The van der Waals surface area contributed by atoms with E-state index in [-0.39, 0.29) is 11.5 Å². The second kappa shape index (κ2) is 11.4. The number of halogens is 5. The molecule has 0 aliphatic carbocycles. The molecule has 0 heterocycles. The van der Waals surface area contributed by atoms with Gasteiger partial charge in [-0.3, -0.25) is 4.79 Å². The van der Waals surface area contributed by atoms with Gasteiger partial charge in [0.1, 0.15) is 0 Å². The maximum Gasteiger partial charge on any atom is 0.416 e. The molecule has 0 unspecified atom stereocenters. The van der Waals surface area contributed by atoms with Gasteiger partial charge in [0, 0.05) is 15.6 Å². The molecule has 3 aromatic carbocycles. The predicted octanol–water partition coefficient (Wildman–Crippen LogP) is 5.76. The lowest BCUT2D eigenvalue weighted by Gasteiger charge is -2.07. The van der Waals surface area contributed by atoms with Crippen LogP contribution in [0.5, 0.6) is 0 Å². The van der Waals surface area contributed by atoms with Crippen LogP contribution in [-0.4, -0.2) is 24.3 Å². The van der Waals surface area contributed by atoms with E-state index in [4.69, 9.17) is 23.2 Å². The third-order valence-corrected chi connectivity index (χ3v) is 4.68. The summed E-state index contributed by atoms with van der Waals surface area (Å²) < 4.78 is 38.3. The average molecular weight is 506 g/mol. The van der Waals surface area contributed by atoms with Gasteiger partial charge < -0.3 is 0 Å². The number of aliphatic imine (C=N–C) groups is 1. The second-order valence-electron chi connectivity index (χ2n) is 6.68. The number of amides is 1. The van der Waals surface area contributed by atoms with E-state index in [2.05, 4.69) is 26.0 Å². The number of nitrogens with zero attached hydrogens (tertiary/aromatic N) is 3. The van der Waals surface area contributed by atoms with Crippen LogP contribution in [0.4, 0.5) is 13.2 Å². The minimum absolute atomic E-state index is 0.0440. The Morgan fingerprint density at radius 2 is 1.18 bits per heavy atom. The SMILES string of the molecule is O=C(N=C(N/N=C/c1ccc(Cl)cc1)N/N=C/c1ccc(Cl)cc1)c1ccc(C(F)(F)F)cc1. The molecule has 0 aliphatic heterocycles. The maximum absolute atomic E-state index is 12.8. The number of hydrazone groups is 2. The van der Waals surface area contributed by atoms with Gasteiger partial charge in [-0.15, -0.1) is 0 Å². The Labute approximate surface area is 202 Å². The van der Waals surface area contributed by atoms with Crippen molar-refractivity contribution in [1.29, 1.82) is 0 Å². The van der Waals surface area contributed by atoms with Crippen molar-refractivity contribution in [3.63, 3.8) is 0 Å². The highest BCUT2D eigenvalue weighted by molar-refractivity contribution is 6.30. The number of nitrogens with one attached hydrogen (secondary N) is 2. The summed E-state index contributed by atoms with van der Waals surface area (Å²) in [5.41, 5.74) is 5.63. The molecule has 174 valence electrons. The zero-order valence-electron chi connectivity index (χ0n) is 17.2. The second-order valence-corrected chi connectivity index (χ2v) is 7.56. The molecule has 1 amide bonds. The van der Waals surface area contributed by atoms with E-state index in [1.54, 1.807) is 48.5 Å². The Kier molecular flexibility index (Phi) is 8.39. The van der Waals surface area contributed by atoms with Crippen LogP contribution in [0.15, 0.2) is 88.0 Å². The summed E-state index contributed by atoms with van der Waals surface area (Å²) in [4.78, 5) is 16.3. The minimum Gasteiger partial charge on any atom is -0.267 e. The van der Waals surface area contributed by atoms with Gasteiger partial charge in [0.25, 0.3) is 5.91 Å². The normalized spacial score (nSPS) is 11.6. The van der Waals surface area contributed by atoms with Gasteiger partial charge in [0.2, 0.25) is 5.96 Å². The van der Waals surface area contributed by atoms with Gasteiger partial charge in [-0.1, -0.05) is 47.5 Å². The molecule has 11 heteroatoms. The molecule has 6 nitrogen and oxygen atoms in total. The van der Waals surface area contributed by atoms with E-state index in [0.717, 1.165) is 35.4 Å². The third-order valence-electron chi connectivity index (χ3n) is 4.18. The van der Waals surface area contributed by atoms with E-state index >= 15 is 0 Å². The van der Waals surface area contributed by atoms with Crippen molar-refractivity contribution in [3.8, 4) is 0 Å². The standard InChI is InChI=1S/C23H16Cl2F3N5O/c24-19-9-1-15(2-10-19)13-29-32-22(33-30-14-16-3-11-20(25)12-4-16)31-21(34)17-5-7-18(8-6-17)23(26,27)28/h1-14H,(H2,31,32,33,34)/b29-13+,30-14+. The summed E-state index contributed by atoms with van der Waals surface area (Å²) in [5.74, 6) is -0.951. The van der Waals surface area contributed by atoms with Crippen LogP contribution < -0.4 is 10.9 Å². The molecule has 3 rings (SSSR count). The van der Waals surface area contributed by atoms with Crippen molar-refractivity contribution in [3.05, 3.63) is 105 Å². The summed E-state index contributed by atoms with van der Waals surface area (Å²) in [5, 5.41) is 9.12. The van der Waals surface area contributed by atoms with Crippen molar-refractivity contribution in [1.82, 2.24) is 10.9 Å². The van der Waals surface area contributed by atoms with Gasteiger partial charge in [-0.05, 0) is 59.7 Å². The van der Waals surface area contributed by atoms with Crippen LogP contribution in [0.25, 0.3) is 0 Å². The number of carbonyl (C=O) groups is 1. The molecular weight excluding hydrogens is 490 g/mol. The van der Waals surface area contributed by atoms with Crippen LogP contribution in [0.3, 0.4) is 0 Å². The lowest BCUT2D eigenvalue weighted by molar-refractivity contribution is -0.137. The summed E-state index contributed by atoms with van der Waals surface area (Å²) in [6, 6.07) is 17.3. The Hall–Kier alpha value is -3.69. The highest BCUT2D eigenvalue weighted by Crippen LogP contribution is 2.29. The zero-order chi connectivity index (χ0) is 24.6. The minimum atomic E-state index is -4.51. The molecule has 0 aromatic heterocycles. The fourth-order valence-electron chi connectivity index (χ4n) is 2.48. The summed E-state index contributed by atoms with van der Waals surface area (Å²) >= 11 is 11.7. The molecule has 0 saturated carbocycles. The fraction of sp³-hybridized carbons (Fsp3) is 0.0435. The average Bonchev–Trinajstić information content (AvgIpc) is 2.81. The molecule has 2 N–H and O–H groups in total. The topological polar surface area (TPSA) is 78.2 Å². The first kappa shape index (κ1) is 24.9. The lowest BCUT2D eigenvalue weighted by Crippen LogP contribution is -2.32. The summed E-state index contributed by atoms with van der Waals surface area (Å²) in [7, 11) is 0. The molecule has 0 bridgehead atoms. The quantitative estimate of drug-likeness (QED) is 0.263. The number of benzene rings is 3. The molecule has 0 aliphatic rings. The molecule has 3 aromatic rings. The smallest absolute Gasteiger partial charge is 0.267 e. The van der Waals surface area contributed by atoms with Crippen LogP contribution >= 0.6 is 23.2 Å². The Balaban J connectivity index is 1.77.